The van der Waals surface area contributed by atoms with E-state index in [-0.39, 0.29) is 5.92 Å². The zero-order valence-electron chi connectivity index (χ0n) is 14.9. The van der Waals surface area contributed by atoms with E-state index in [4.69, 9.17) is 4.74 Å². The van der Waals surface area contributed by atoms with Crippen molar-refractivity contribution in [2.45, 2.75) is 45.0 Å². The minimum atomic E-state index is -2.23. The second kappa shape index (κ2) is 8.31. The van der Waals surface area contributed by atoms with E-state index in [1.165, 1.54) is 0 Å². The van der Waals surface area contributed by atoms with Gasteiger partial charge in [0.2, 0.25) is 6.43 Å². The van der Waals surface area contributed by atoms with E-state index in [2.05, 4.69) is 6.07 Å². The maximum atomic E-state index is 12.9. The van der Waals surface area contributed by atoms with E-state index in [1.807, 2.05) is 49.4 Å². The smallest absolute Gasteiger partial charge is 0.241 e. The van der Waals surface area contributed by atoms with Gasteiger partial charge in [-0.3, -0.25) is 0 Å². The molecule has 1 aliphatic rings. The average Bonchev–Trinajstić information content (AvgIpc) is 2.68. The predicted molar refractivity (Wildman–Crippen MR) is 98.5 cm³/mol. The summed E-state index contributed by atoms with van der Waals surface area (Å²) in [6.45, 7) is 2.57. The summed E-state index contributed by atoms with van der Waals surface area (Å²) in [7, 11) is 0. The molecule has 0 aromatic heterocycles. The molecule has 0 spiro atoms. The van der Waals surface area contributed by atoms with Crippen LogP contribution < -0.4 is 4.74 Å². The molecular formula is C22H23F2NO. The molecule has 136 valence electrons. The Hall–Kier alpha value is -2.41. The van der Waals surface area contributed by atoms with Gasteiger partial charge in [-0.15, -0.1) is 0 Å². The highest BCUT2D eigenvalue weighted by molar-refractivity contribution is 5.67. The Labute approximate surface area is 153 Å². The van der Waals surface area contributed by atoms with Gasteiger partial charge in [-0.2, -0.15) is 5.26 Å². The lowest BCUT2D eigenvalue weighted by Crippen LogP contribution is -2.19. The Morgan fingerprint density at radius 1 is 1.04 bits per heavy atom. The van der Waals surface area contributed by atoms with Gasteiger partial charge in [0.15, 0.2) is 0 Å². The average molecular weight is 355 g/mol. The van der Waals surface area contributed by atoms with Gasteiger partial charge in [0.25, 0.3) is 0 Å². The highest BCUT2D eigenvalue weighted by Gasteiger charge is 2.29. The van der Waals surface area contributed by atoms with Crippen LogP contribution in [0.5, 0.6) is 5.75 Å². The molecule has 0 amide bonds. The van der Waals surface area contributed by atoms with E-state index in [9.17, 15) is 14.0 Å². The number of halogens is 2. The minimum Gasteiger partial charge on any atom is -0.494 e. The standard InChI is InChI=1S/C22H23F2NO/c1-2-26-20-10-7-15(8-11-20)18-9-12-21(19(13-18)14-25)16-3-5-17(6-4-16)22(23)24/h7-13,16-17,22H,2-6H2,1H3/t16-,17-. The van der Waals surface area contributed by atoms with Crippen LogP contribution in [0.1, 0.15) is 49.7 Å². The molecule has 3 rings (SSSR count). The summed E-state index contributed by atoms with van der Waals surface area (Å²) in [5.74, 6) is 0.540. The summed E-state index contributed by atoms with van der Waals surface area (Å²) in [5, 5.41) is 9.58. The number of hydrogen-bond donors (Lipinski definition) is 0. The molecule has 2 aromatic rings. The second-order valence-corrected chi connectivity index (χ2v) is 6.82. The first kappa shape index (κ1) is 18.4. The first-order valence-corrected chi connectivity index (χ1v) is 9.17. The highest BCUT2D eigenvalue weighted by atomic mass is 19.3. The zero-order chi connectivity index (χ0) is 18.5. The van der Waals surface area contributed by atoms with Crippen molar-refractivity contribution >= 4 is 0 Å². The molecule has 26 heavy (non-hydrogen) atoms. The zero-order valence-corrected chi connectivity index (χ0v) is 14.9. The monoisotopic (exact) mass is 355 g/mol. The molecule has 2 aromatic carbocycles. The van der Waals surface area contributed by atoms with E-state index in [0.29, 0.717) is 25.0 Å². The van der Waals surface area contributed by atoms with Crippen LogP contribution in [0.25, 0.3) is 11.1 Å². The van der Waals surface area contributed by atoms with Crippen LogP contribution >= 0.6 is 0 Å². The molecule has 0 radical (unpaired) electrons. The van der Waals surface area contributed by atoms with E-state index >= 15 is 0 Å². The summed E-state index contributed by atoms with van der Waals surface area (Å²) in [5.41, 5.74) is 3.65. The molecular weight excluding hydrogens is 332 g/mol. The van der Waals surface area contributed by atoms with Gasteiger partial charge < -0.3 is 4.74 Å². The fraction of sp³-hybridized carbons (Fsp3) is 0.409. The van der Waals surface area contributed by atoms with E-state index < -0.39 is 12.3 Å². The van der Waals surface area contributed by atoms with Crippen LogP contribution in [-0.2, 0) is 0 Å². The van der Waals surface area contributed by atoms with Gasteiger partial charge in [-0.25, -0.2) is 8.78 Å². The number of nitrogens with zero attached hydrogens (tertiary/aromatic N) is 1. The first-order chi connectivity index (χ1) is 12.6. The summed E-state index contributed by atoms with van der Waals surface area (Å²) < 4.78 is 31.2. The van der Waals surface area contributed by atoms with Crippen molar-refractivity contribution in [1.82, 2.24) is 0 Å². The molecule has 0 unspecified atom stereocenters. The molecule has 2 nitrogen and oxygen atoms in total. The normalized spacial score (nSPS) is 20.0. The second-order valence-electron chi connectivity index (χ2n) is 6.82. The van der Waals surface area contributed by atoms with Crippen LogP contribution in [0, 0.1) is 17.2 Å². The third kappa shape index (κ3) is 4.04. The molecule has 4 heteroatoms. The number of benzene rings is 2. The lowest BCUT2D eigenvalue weighted by molar-refractivity contribution is 0.0528. The van der Waals surface area contributed by atoms with Crippen molar-refractivity contribution < 1.29 is 13.5 Å². The fourth-order valence-electron chi connectivity index (χ4n) is 3.78. The molecule has 1 aliphatic carbocycles. The van der Waals surface area contributed by atoms with Crippen LogP contribution in [0.15, 0.2) is 42.5 Å². The Morgan fingerprint density at radius 2 is 1.69 bits per heavy atom. The lowest BCUT2D eigenvalue weighted by atomic mass is 9.77. The van der Waals surface area contributed by atoms with Crippen molar-refractivity contribution in [3.63, 3.8) is 0 Å². The van der Waals surface area contributed by atoms with Gasteiger partial charge in [0.05, 0.1) is 18.2 Å². The first-order valence-electron chi connectivity index (χ1n) is 9.17. The summed E-state index contributed by atoms with van der Waals surface area (Å²) >= 11 is 0. The Morgan fingerprint density at radius 3 is 2.27 bits per heavy atom. The number of rotatable bonds is 5. The summed E-state index contributed by atoms with van der Waals surface area (Å²) in [4.78, 5) is 0. The molecule has 0 N–H and O–H groups in total. The molecule has 0 heterocycles. The van der Waals surface area contributed by atoms with E-state index in [1.54, 1.807) is 0 Å². The van der Waals surface area contributed by atoms with Crippen LogP contribution in [0.3, 0.4) is 0 Å². The van der Waals surface area contributed by atoms with Gasteiger partial charge in [-0.1, -0.05) is 24.3 Å². The predicted octanol–water partition coefficient (Wildman–Crippen LogP) is 6.16. The number of ether oxygens (including phenoxy) is 1. The van der Waals surface area contributed by atoms with Crippen molar-refractivity contribution in [2.24, 2.45) is 5.92 Å². The largest absolute Gasteiger partial charge is 0.494 e. The van der Waals surface area contributed by atoms with Crippen molar-refractivity contribution in [3.05, 3.63) is 53.6 Å². The summed E-state index contributed by atoms with van der Waals surface area (Å²) in [6, 6.07) is 16.0. The van der Waals surface area contributed by atoms with Crippen LogP contribution in [0.4, 0.5) is 8.78 Å². The molecule has 1 fully saturated rings. The van der Waals surface area contributed by atoms with Gasteiger partial charge in [0.1, 0.15) is 5.75 Å². The molecule has 0 bridgehead atoms. The maximum absolute atomic E-state index is 12.9. The highest BCUT2D eigenvalue weighted by Crippen LogP contribution is 2.40. The third-order valence-corrected chi connectivity index (χ3v) is 5.24. The number of hydrogen-bond acceptors (Lipinski definition) is 2. The van der Waals surface area contributed by atoms with Crippen LogP contribution in [0.2, 0.25) is 0 Å². The maximum Gasteiger partial charge on any atom is 0.241 e. The quantitative estimate of drug-likeness (QED) is 0.643. The van der Waals surface area contributed by atoms with Crippen molar-refractivity contribution in [2.75, 3.05) is 6.61 Å². The van der Waals surface area contributed by atoms with Gasteiger partial charge in [0, 0.05) is 5.92 Å². The van der Waals surface area contributed by atoms with Crippen molar-refractivity contribution in [1.29, 1.82) is 5.26 Å². The van der Waals surface area contributed by atoms with Gasteiger partial charge >= 0.3 is 0 Å². The number of alkyl halides is 2. The molecule has 0 atom stereocenters. The molecule has 0 aliphatic heterocycles. The van der Waals surface area contributed by atoms with E-state index in [0.717, 1.165) is 35.3 Å². The van der Waals surface area contributed by atoms with Crippen LogP contribution in [-0.4, -0.2) is 13.0 Å². The van der Waals surface area contributed by atoms with Gasteiger partial charge in [-0.05, 0) is 73.4 Å². The Kier molecular flexibility index (Phi) is 5.88. The topological polar surface area (TPSA) is 33.0 Å². The summed E-state index contributed by atoms with van der Waals surface area (Å²) in [6.07, 6.45) is 0.299. The lowest BCUT2D eigenvalue weighted by Gasteiger charge is -2.28. The Bertz CT molecular complexity index is 772. The third-order valence-electron chi connectivity index (χ3n) is 5.24. The minimum absolute atomic E-state index is 0.203. The molecule has 1 saturated carbocycles. The molecule has 0 saturated heterocycles. The Balaban J connectivity index is 1.79. The van der Waals surface area contributed by atoms with Crippen molar-refractivity contribution in [3.8, 4) is 22.9 Å². The SMILES string of the molecule is CCOc1ccc(-c2ccc([C@H]3CC[C@H](C(F)F)CC3)c(C#N)c2)cc1. The number of nitriles is 1. The fourth-order valence-corrected chi connectivity index (χ4v) is 3.78.